The van der Waals surface area contributed by atoms with Crippen molar-refractivity contribution in [2.75, 3.05) is 37.6 Å². The second-order valence-electron chi connectivity index (χ2n) is 3.93. The van der Waals surface area contributed by atoms with Crippen LogP contribution in [0.2, 0.25) is 0 Å². The van der Waals surface area contributed by atoms with Crippen molar-refractivity contribution in [3.8, 4) is 11.5 Å². The third kappa shape index (κ3) is 2.66. The van der Waals surface area contributed by atoms with Crippen LogP contribution in [0.3, 0.4) is 0 Å². The minimum absolute atomic E-state index is 0.438. The Morgan fingerprint density at radius 1 is 1.10 bits per heavy atom. The molecule has 0 saturated heterocycles. The van der Waals surface area contributed by atoms with E-state index in [1.54, 1.807) is 27.3 Å². The summed E-state index contributed by atoms with van der Waals surface area (Å²) < 4.78 is 10.5. The molecule has 2 aromatic rings. The molecule has 7 nitrogen and oxygen atoms in total. The van der Waals surface area contributed by atoms with Gasteiger partial charge in [0.05, 0.1) is 19.9 Å². The molecule has 2 rings (SSSR count). The summed E-state index contributed by atoms with van der Waals surface area (Å²) in [5.41, 5.74) is 7.15. The average molecular weight is 275 g/mol. The Kier molecular flexibility index (Phi) is 4.09. The van der Waals surface area contributed by atoms with E-state index in [0.717, 1.165) is 5.69 Å². The van der Waals surface area contributed by atoms with Crippen LogP contribution in [0, 0.1) is 0 Å². The van der Waals surface area contributed by atoms with Crippen molar-refractivity contribution in [3.63, 3.8) is 0 Å². The normalized spacial score (nSPS) is 9.95. The molecule has 1 aromatic heterocycles. The van der Waals surface area contributed by atoms with E-state index in [9.17, 15) is 0 Å². The lowest BCUT2D eigenvalue weighted by Crippen LogP contribution is -2.05. The fraction of sp³-hybridized carbons (Fsp3) is 0.231. The molecule has 106 valence electrons. The first-order chi connectivity index (χ1) is 9.69. The topological polar surface area (TPSA) is 94.3 Å². The molecule has 0 amide bonds. The highest BCUT2D eigenvalue weighted by Gasteiger charge is 2.10. The van der Waals surface area contributed by atoms with Crippen LogP contribution < -0.4 is 25.8 Å². The van der Waals surface area contributed by atoms with E-state index in [1.165, 1.54) is 6.33 Å². The summed E-state index contributed by atoms with van der Waals surface area (Å²) in [6.45, 7) is 0. The molecule has 20 heavy (non-hydrogen) atoms. The van der Waals surface area contributed by atoms with E-state index < -0.39 is 0 Å². The first-order valence-corrected chi connectivity index (χ1v) is 5.97. The number of hydrogen-bond donors (Lipinski definition) is 3. The average Bonchev–Trinajstić information content (AvgIpc) is 2.49. The van der Waals surface area contributed by atoms with Gasteiger partial charge in [0.25, 0.3) is 0 Å². The number of ether oxygens (including phenoxy) is 2. The van der Waals surface area contributed by atoms with Gasteiger partial charge in [-0.1, -0.05) is 0 Å². The maximum Gasteiger partial charge on any atom is 0.159 e. The number of nitrogen functional groups attached to an aromatic ring is 1. The quantitative estimate of drug-likeness (QED) is 0.766. The SMILES string of the molecule is CNc1ncnc(Nc2ccc(OC)cc2OC)c1N. The van der Waals surface area contributed by atoms with Gasteiger partial charge >= 0.3 is 0 Å². The van der Waals surface area contributed by atoms with Crippen molar-refractivity contribution < 1.29 is 9.47 Å². The predicted octanol–water partition coefficient (Wildman–Crippen LogP) is 1.86. The van der Waals surface area contributed by atoms with Crippen LogP contribution in [0.1, 0.15) is 0 Å². The Morgan fingerprint density at radius 3 is 2.50 bits per heavy atom. The molecule has 0 aliphatic heterocycles. The summed E-state index contributed by atoms with van der Waals surface area (Å²) >= 11 is 0. The summed E-state index contributed by atoms with van der Waals surface area (Å²) in [7, 11) is 4.93. The van der Waals surface area contributed by atoms with Crippen LogP contribution in [0.4, 0.5) is 23.0 Å². The molecule has 7 heteroatoms. The number of hydrogen-bond acceptors (Lipinski definition) is 7. The third-order valence-electron chi connectivity index (χ3n) is 2.78. The molecule has 4 N–H and O–H groups in total. The Morgan fingerprint density at radius 2 is 1.85 bits per heavy atom. The smallest absolute Gasteiger partial charge is 0.159 e. The molecule has 0 atom stereocenters. The molecule has 0 radical (unpaired) electrons. The van der Waals surface area contributed by atoms with Crippen LogP contribution in [-0.2, 0) is 0 Å². The van der Waals surface area contributed by atoms with E-state index in [-0.39, 0.29) is 0 Å². The summed E-state index contributed by atoms with van der Waals surface area (Å²) in [6.07, 6.45) is 1.43. The molecule has 1 aromatic carbocycles. The largest absolute Gasteiger partial charge is 0.497 e. The highest BCUT2D eigenvalue weighted by molar-refractivity contribution is 5.79. The fourth-order valence-corrected chi connectivity index (χ4v) is 1.72. The molecule has 0 unspecified atom stereocenters. The first kappa shape index (κ1) is 13.7. The molecule has 0 aliphatic rings. The number of nitrogens with zero attached hydrogens (tertiary/aromatic N) is 2. The second kappa shape index (κ2) is 5.96. The first-order valence-electron chi connectivity index (χ1n) is 5.97. The Bertz CT molecular complexity index is 603. The van der Waals surface area contributed by atoms with Gasteiger partial charge in [0.1, 0.15) is 23.5 Å². The van der Waals surface area contributed by atoms with Crippen molar-refractivity contribution in [1.29, 1.82) is 0 Å². The van der Waals surface area contributed by atoms with Crippen LogP contribution in [0.5, 0.6) is 11.5 Å². The molecule has 1 heterocycles. The Labute approximate surface area is 117 Å². The summed E-state index contributed by atoms with van der Waals surface area (Å²) in [6, 6.07) is 5.43. The van der Waals surface area contributed by atoms with Gasteiger partial charge in [0.2, 0.25) is 0 Å². The molecular formula is C13H17N5O2. The number of rotatable bonds is 5. The fourth-order valence-electron chi connectivity index (χ4n) is 1.72. The van der Waals surface area contributed by atoms with E-state index in [2.05, 4.69) is 20.6 Å². The van der Waals surface area contributed by atoms with E-state index in [4.69, 9.17) is 15.2 Å². The van der Waals surface area contributed by atoms with Crippen LogP contribution in [0.15, 0.2) is 24.5 Å². The summed E-state index contributed by atoms with van der Waals surface area (Å²) in [4.78, 5) is 8.16. The van der Waals surface area contributed by atoms with Gasteiger partial charge in [-0.2, -0.15) is 0 Å². The molecule has 0 aliphatic carbocycles. The molecule has 0 spiro atoms. The lowest BCUT2D eigenvalue weighted by Gasteiger charge is -2.14. The van der Waals surface area contributed by atoms with Crippen LogP contribution in [0.25, 0.3) is 0 Å². The van der Waals surface area contributed by atoms with E-state index >= 15 is 0 Å². The number of nitrogens with two attached hydrogens (primary N) is 1. The van der Waals surface area contributed by atoms with Gasteiger partial charge in [-0.15, -0.1) is 0 Å². The maximum atomic E-state index is 5.97. The molecule has 0 bridgehead atoms. The molecule has 0 saturated carbocycles. The van der Waals surface area contributed by atoms with Crippen LogP contribution >= 0.6 is 0 Å². The zero-order valence-electron chi connectivity index (χ0n) is 11.6. The van der Waals surface area contributed by atoms with Gasteiger partial charge in [0, 0.05) is 13.1 Å². The summed E-state index contributed by atoms with van der Waals surface area (Å²) in [5.74, 6) is 2.41. The Balaban J connectivity index is 2.35. The van der Waals surface area contributed by atoms with Crippen molar-refractivity contribution in [1.82, 2.24) is 9.97 Å². The van der Waals surface area contributed by atoms with Gasteiger partial charge in [-0.25, -0.2) is 9.97 Å². The van der Waals surface area contributed by atoms with Gasteiger partial charge in [-0.05, 0) is 12.1 Å². The number of nitrogens with one attached hydrogen (secondary N) is 2. The van der Waals surface area contributed by atoms with Crippen molar-refractivity contribution in [3.05, 3.63) is 24.5 Å². The molecule has 0 fully saturated rings. The zero-order chi connectivity index (χ0) is 14.5. The Hall–Kier alpha value is -2.70. The van der Waals surface area contributed by atoms with Crippen LogP contribution in [-0.4, -0.2) is 31.2 Å². The zero-order valence-corrected chi connectivity index (χ0v) is 11.6. The maximum absolute atomic E-state index is 5.97. The third-order valence-corrected chi connectivity index (χ3v) is 2.78. The number of aromatic nitrogens is 2. The minimum Gasteiger partial charge on any atom is -0.497 e. The van der Waals surface area contributed by atoms with Crippen molar-refractivity contribution >= 4 is 23.0 Å². The standard InChI is InChI=1S/C13H17N5O2/c1-15-12-11(14)13(17-7-16-12)18-9-5-4-8(19-2)6-10(9)20-3/h4-7H,14H2,1-3H3,(H2,15,16,17,18). The summed E-state index contributed by atoms with van der Waals surface area (Å²) in [5, 5.41) is 6.02. The van der Waals surface area contributed by atoms with Gasteiger partial charge < -0.3 is 25.8 Å². The van der Waals surface area contributed by atoms with E-state index in [1.807, 2.05) is 12.1 Å². The number of anilines is 4. The highest BCUT2D eigenvalue weighted by atomic mass is 16.5. The minimum atomic E-state index is 0.438. The monoisotopic (exact) mass is 275 g/mol. The van der Waals surface area contributed by atoms with E-state index in [0.29, 0.717) is 28.8 Å². The van der Waals surface area contributed by atoms with Crippen molar-refractivity contribution in [2.45, 2.75) is 0 Å². The molecular weight excluding hydrogens is 258 g/mol. The lowest BCUT2D eigenvalue weighted by atomic mass is 10.2. The van der Waals surface area contributed by atoms with Crippen molar-refractivity contribution in [2.24, 2.45) is 0 Å². The van der Waals surface area contributed by atoms with Gasteiger partial charge in [-0.3, -0.25) is 0 Å². The predicted molar refractivity (Wildman–Crippen MR) is 78.8 cm³/mol. The number of benzene rings is 1. The lowest BCUT2D eigenvalue weighted by molar-refractivity contribution is 0.395. The second-order valence-corrected chi connectivity index (χ2v) is 3.93. The number of methoxy groups -OCH3 is 2. The highest BCUT2D eigenvalue weighted by Crippen LogP contribution is 2.33. The van der Waals surface area contributed by atoms with Gasteiger partial charge in [0.15, 0.2) is 11.6 Å².